The highest BCUT2D eigenvalue weighted by Crippen LogP contribution is 2.23. The van der Waals surface area contributed by atoms with Crippen LogP contribution in [0.1, 0.15) is 11.3 Å². The molecule has 0 unspecified atom stereocenters. The number of benzene rings is 2. The summed E-state index contributed by atoms with van der Waals surface area (Å²) in [4.78, 5) is 17.5. The predicted octanol–water partition coefficient (Wildman–Crippen LogP) is 3.78. The van der Waals surface area contributed by atoms with Crippen molar-refractivity contribution in [1.29, 1.82) is 0 Å². The Morgan fingerprint density at radius 3 is 2.04 bits per heavy atom. The van der Waals surface area contributed by atoms with E-state index in [0.29, 0.717) is 0 Å². The SMILES string of the molecule is CSc1ccc(-c2ccc(C=Cc3cn[nH]n3)cc2)cc1.O=C=O. The van der Waals surface area contributed by atoms with E-state index in [1.807, 2.05) is 12.2 Å². The van der Waals surface area contributed by atoms with Gasteiger partial charge in [-0.3, -0.25) is 0 Å². The standard InChI is InChI=1S/C17H15N3S.CO2/c1-21-17-10-7-15(8-11-17)14-5-2-13(3-6-14)4-9-16-12-18-20-19-16;2-1-3/h2-12H,1H3,(H,18,19,20);. The third-order valence-corrected chi connectivity index (χ3v) is 3.96. The smallest absolute Gasteiger partial charge is 0.197 e. The zero-order valence-electron chi connectivity index (χ0n) is 13.0. The number of nitrogens with zero attached hydrogens (tertiary/aromatic N) is 2. The first-order chi connectivity index (χ1) is 11.8. The van der Waals surface area contributed by atoms with Crippen molar-refractivity contribution in [3.63, 3.8) is 0 Å². The molecule has 0 radical (unpaired) electrons. The molecule has 0 saturated heterocycles. The third-order valence-electron chi connectivity index (χ3n) is 3.21. The minimum absolute atomic E-state index is 0.250. The molecule has 6 heteroatoms. The van der Waals surface area contributed by atoms with Gasteiger partial charge in [-0.15, -0.1) is 11.8 Å². The molecule has 0 saturated carbocycles. The second-order valence-electron chi connectivity index (χ2n) is 4.66. The van der Waals surface area contributed by atoms with Crippen molar-refractivity contribution in [2.45, 2.75) is 4.90 Å². The lowest BCUT2D eigenvalue weighted by Gasteiger charge is -2.03. The molecule has 5 nitrogen and oxygen atoms in total. The Balaban J connectivity index is 0.000000647. The molecule has 2 aromatic carbocycles. The van der Waals surface area contributed by atoms with E-state index in [9.17, 15) is 0 Å². The van der Waals surface area contributed by atoms with Crippen LogP contribution in [0.2, 0.25) is 0 Å². The molecular formula is C18H15N3O2S. The zero-order chi connectivity index (χ0) is 17.2. The molecule has 0 amide bonds. The maximum atomic E-state index is 8.12. The Bertz CT molecular complexity index is 804. The van der Waals surface area contributed by atoms with Crippen LogP contribution < -0.4 is 0 Å². The largest absolute Gasteiger partial charge is 0.373 e. The lowest BCUT2D eigenvalue weighted by atomic mass is 10.0. The molecule has 0 bridgehead atoms. The van der Waals surface area contributed by atoms with Crippen molar-refractivity contribution in [1.82, 2.24) is 15.4 Å². The Morgan fingerprint density at radius 1 is 0.958 bits per heavy atom. The first-order valence-electron chi connectivity index (χ1n) is 7.04. The van der Waals surface area contributed by atoms with Gasteiger partial charge in [0.05, 0.1) is 6.20 Å². The van der Waals surface area contributed by atoms with Crippen molar-refractivity contribution in [3.8, 4) is 11.1 Å². The summed E-state index contributed by atoms with van der Waals surface area (Å²) in [6.45, 7) is 0. The number of rotatable bonds is 4. The summed E-state index contributed by atoms with van der Waals surface area (Å²) >= 11 is 1.76. The van der Waals surface area contributed by atoms with E-state index < -0.39 is 0 Å². The number of thioether (sulfide) groups is 1. The van der Waals surface area contributed by atoms with Crippen LogP contribution in [0.3, 0.4) is 0 Å². The molecule has 0 aliphatic rings. The normalized spacial score (nSPS) is 10.0. The van der Waals surface area contributed by atoms with Crippen LogP contribution in [0, 0.1) is 0 Å². The first-order valence-corrected chi connectivity index (χ1v) is 8.27. The van der Waals surface area contributed by atoms with E-state index in [0.717, 1.165) is 11.3 Å². The Kier molecular flexibility index (Phi) is 6.71. The van der Waals surface area contributed by atoms with Crippen molar-refractivity contribution in [2.24, 2.45) is 0 Å². The van der Waals surface area contributed by atoms with Gasteiger partial charge < -0.3 is 0 Å². The number of carbonyl (C=O) groups excluding carboxylic acids is 2. The lowest BCUT2D eigenvalue weighted by molar-refractivity contribution is -0.191. The van der Waals surface area contributed by atoms with Crippen molar-refractivity contribution < 1.29 is 9.59 Å². The molecule has 1 heterocycles. The van der Waals surface area contributed by atoms with Crippen LogP contribution in [-0.4, -0.2) is 27.8 Å². The van der Waals surface area contributed by atoms with Gasteiger partial charge in [0.1, 0.15) is 5.69 Å². The van der Waals surface area contributed by atoms with Gasteiger partial charge in [0.2, 0.25) is 0 Å². The van der Waals surface area contributed by atoms with Crippen LogP contribution in [-0.2, 0) is 9.59 Å². The quantitative estimate of drug-likeness (QED) is 0.733. The highest BCUT2D eigenvalue weighted by atomic mass is 32.2. The van der Waals surface area contributed by atoms with Crippen molar-refractivity contribution in [3.05, 3.63) is 66.0 Å². The fraction of sp³-hybridized carbons (Fsp3) is 0.0556. The minimum Gasteiger partial charge on any atom is -0.197 e. The van der Waals surface area contributed by atoms with Gasteiger partial charge in [0, 0.05) is 4.90 Å². The number of H-pyrrole nitrogens is 1. The minimum atomic E-state index is 0.250. The van der Waals surface area contributed by atoms with Crippen LogP contribution in [0.25, 0.3) is 23.3 Å². The molecule has 1 N–H and O–H groups in total. The summed E-state index contributed by atoms with van der Waals surface area (Å²) in [6, 6.07) is 17.1. The predicted molar refractivity (Wildman–Crippen MR) is 94.0 cm³/mol. The summed E-state index contributed by atoms with van der Waals surface area (Å²) in [7, 11) is 0. The maximum absolute atomic E-state index is 8.12. The van der Waals surface area contributed by atoms with E-state index in [1.54, 1.807) is 18.0 Å². The summed E-state index contributed by atoms with van der Waals surface area (Å²) in [5, 5.41) is 10.4. The fourth-order valence-electron chi connectivity index (χ4n) is 2.04. The maximum Gasteiger partial charge on any atom is 0.373 e. The van der Waals surface area contributed by atoms with Gasteiger partial charge in [-0.25, -0.2) is 0 Å². The third kappa shape index (κ3) is 5.05. The Morgan fingerprint density at radius 2 is 1.54 bits per heavy atom. The fourth-order valence-corrected chi connectivity index (χ4v) is 2.45. The van der Waals surface area contributed by atoms with E-state index >= 15 is 0 Å². The molecule has 0 spiro atoms. The van der Waals surface area contributed by atoms with Gasteiger partial charge in [0.25, 0.3) is 0 Å². The van der Waals surface area contributed by atoms with Crippen LogP contribution in [0.4, 0.5) is 0 Å². The van der Waals surface area contributed by atoms with E-state index in [1.165, 1.54) is 16.0 Å². The van der Waals surface area contributed by atoms with Gasteiger partial charge in [0.15, 0.2) is 0 Å². The van der Waals surface area contributed by atoms with Gasteiger partial charge in [-0.1, -0.05) is 42.5 Å². The Hall–Kier alpha value is -2.95. The summed E-state index contributed by atoms with van der Waals surface area (Å²) in [5.41, 5.74) is 4.43. The topological polar surface area (TPSA) is 75.7 Å². The summed E-state index contributed by atoms with van der Waals surface area (Å²) in [5.74, 6) is 0. The molecule has 0 atom stereocenters. The molecule has 3 rings (SSSR count). The average molecular weight is 337 g/mol. The van der Waals surface area contributed by atoms with Gasteiger partial charge in [-0.05, 0) is 41.2 Å². The van der Waals surface area contributed by atoms with E-state index in [2.05, 4.69) is 70.2 Å². The highest BCUT2D eigenvalue weighted by Gasteiger charge is 1.98. The molecule has 3 aromatic rings. The number of hydrogen-bond acceptors (Lipinski definition) is 5. The number of hydrogen-bond donors (Lipinski definition) is 1. The van der Waals surface area contributed by atoms with Crippen LogP contribution in [0.5, 0.6) is 0 Å². The van der Waals surface area contributed by atoms with Crippen molar-refractivity contribution >= 4 is 30.1 Å². The van der Waals surface area contributed by atoms with E-state index in [-0.39, 0.29) is 6.15 Å². The number of aromatic nitrogens is 3. The molecule has 120 valence electrons. The van der Waals surface area contributed by atoms with Crippen LogP contribution >= 0.6 is 11.8 Å². The van der Waals surface area contributed by atoms with Gasteiger partial charge >= 0.3 is 6.15 Å². The number of nitrogens with one attached hydrogen (secondary N) is 1. The molecule has 24 heavy (non-hydrogen) atoms. The second-order valence-corrected chi connectivity index (χ2v) is 5.54. The van der Waals surface area contributed by atoms with E-state index in [4.69, 9.17) is 9.59 Å². The molecular weight excluding hydrogens is 322 g/mol. The molecule has 1 aromatic heterocycles. The first kappa shape index (κ1) is 17.4. The monoisotopic (exact) mass is 337 g/mol. The second kappa shape index (κ2) is 9.25. The average Bonchev–Trinajstić information content (AvgIpc) is 3.15. The molecule has 0 aliphatic carbocycles. The Labute approximate surface area is 143 Å². The number of aromatic amines is 1. The molecule has 0 fully saturated rings. The van der Waals surface area contributed by atoms with Crippen LogP contribution in [0.15, 0.2) is 59.6 Å². The lowest BCUT2D eigenvalue weighted by Crippen LogP contribution is -1.79. The molecule has 0 aliphatic heterocycles. The summed E-state index contributed by atoms with van der Waals surface area (Å²) < 4.78 is 0. The highest BCUT2D eigenvalue weighted by molar-refractivity contribution is 7.98. The van der Waals surface area contributed by atoms with Gasteiger partial charge in [-0.2, -0.15) is 25.0 Å². The summed E-state index contributed by atoms with van der Waals surface area (Å²) in [6.07, 6.45) is 7.99. The zero-order valence-corrected chi connectivity index (χ0v) is 13.8. The van der Waals surface area contributed by atoms with Crippen molar-refractivity contribution in [2.75, 3.05) is 6.26 Å².